The van der Waals surface area contributed by atoms with Gasteiger partial charge in [-0.3, -0.25) is 4.31 Å². The van der Waals surface area contributed by atoms with Crippen molar-refractivity contribution in [3.05, 3.63) is 60.2 Å². The van der Waals surface area contributed by atoms with E-state index in [2.05, 4.69) is 6.92 Å². The van der Waals surface area contributed by atoms with Gasteiger partial charge in [0.05, 0.1) is 4.90 Å². The number of sulfonamides is 1. The Morgan fingerprint density at radius 3 is 2.40 bits per heavy atom. The van der Waals surface area contributed by atoms with E-state index >= 15 is 0 Å². The molecule has 0 saturated carbocycles. The Balaban J connectivity index is 2.02. The number of rotatable bonds is 7. The van der Waals surface area contributed by atoms with E-state index < -0.39 is 10.0 Å². The van der Waals surface area contributed by atoms with Crippen molar-refractivity contribution in [1.29, 1.82) is 0 Å². The summed E-state index contributed by atoms with van der Waals surface area (Å²) in [6, 6.07) is 17.1. The van der Waals surface area contributed by atoms with Crippen molar-refractivity contribution in [1.82, 2.24) is 0 Å². The minimum atomic E-state index is -3.56. The molecule has 0 fully saturated rings. The number of aryl methyl sites for hydroxylation is 1. The van der Waals surface area contributed by atoms with E-state index in [0.29, 0.717) is 11.4 Å². The molecule has 0 unspecified atom stereocenters. The molecule has 0 N–H and O–H groups in total. The third-order valence-electron chi connectivity index (χ3n) is 4.23. The lowest BCUT2D eigenvalue weighted by atomic mass is 10.2. The number of unbranched alkanes of at least 4 members (excludes halogenated alkanes) is 2. The van der Waals surface area contributed by atoms with Crippen LogP contribution in [0.5, 0.6) is 0 Å². The smallest absolute Gasteiger partial charge is 0.257 e. The summed E-state index contributed by atoms with van der Waals surface area (Å²) in [5.41, 5.74) is 1.05. The standard InChI is InChI=1S/C20H23NO2S2/c1-3-4-7-14-21(20-15-17-8-5-6-9-19(17)24-20)25(22,23)18-12-10-16(2)11-13-18/h5-6,8-13,15H,3-4,7,14H2,1-2H3. The van der Waals surface area contributed by atoms with Gasteiger partial charge in [-0.25, -0.2) is 8.42 Å². The average Bonchev–Trinajstić information content (AvgIpc) is 3.02. The summed E-state index contributed by atoms with van der Waals surface area (Å²) in [6.07, 6.45) is 2.94. The van der Waals surface area contributed by atoms with E-state index in [1.165, 1.54) is 11.3 Å². The van der Waals surface area contributed by atoms with Gasteiger partial charge in [-0.2, -0.15) is 0 Å². The minimum Gasteiger partial charge on any atom is -0.257 e. The molecular formula is C20H23NO2S2. The Morgan fingerprint density at radius 1 is 1.00 bits per heavy atom. The highest BCUT2D eigenvalue weighted by Crippen LogP contribution is 2.35. The Bertz CT molecular complexity index is 910. The first kappa shape index (κ1) is 18.0. The normalized spacial score (nSPS) is 11.8. The van der Waals surface area contributed by atoms with Crippen LogP contribution >= 0.6 is 11.3 Å². The number of thiophene rings is 1. The van der Waals surface area contributed by atoms with E-state index in [0.717, 1.165) is 39.9 Å². The zero-order valence-electron chi connectivity index (χ0n) is 14.6. The maximum atomic E-state index is 13.2. The molecule has 0 aliphatic heterocycles. The predicted octanol–water partition coefficient (Wildman–Crippen LogP) is 5.60. The number of fused-ring (bicyclic) bond motifs is 1. The van der Waals surface area contributed by atoms with Gasteiger partial charge in [-0.1, -0.05) is 55.7 Å². The quantitative estimate of drug-likeness (QED) is 0.506. The first-order valence-corrected chi connectivity index (χ1v) is 10.9. The Hall–Kier alpha value is -1.85. The van der Waals surface area contributed by atoms with Gasteiger partial charge >= 0.3 is 0 Å². The van der Waals surface area contributed by atoms with Crippen molar-refractivity contribution in [2.45, 2.75) is 38.0 Å². The largest absolute Gasteiger partial charge is 0.264 e. The fourth-order valence-electron chi connectivity index (χ4n) is 2.78. The highest BCUT2D eigenvalue weighted by molar-refractivity contribution is 7.93. The molecule has 3 rings (SSSR count). The van der Waals surface area contributed by atoms with Crippen LogP contribution < -0.4 is 4.31 Å². The fourth-order valence-corrected chi connectivity index (χ4v) is 5.58. The molecule has 0 aliphatic rings. The van der Waals surface area contributed by atoms with Gasteiger partial charge in [0.2, 0.25) is 0 Å². The Morgan fingerprint density at radius 2 is 1.72 bits per heavy atom. The number of anilines is 1. The van der Waals surface area contributed by atoms with Crippen molar-refractivity contribution >= 4 is 36.4 Å². The van der Waals surface area contributed by atoms with Gasteiger partial charge in [0.15, 0.2) is 0 Å². The molecule has 0 aliphatic carbocycles. The summed E-state index contributed by atoms with van der Waals surface area (Å²) in [7, 11) is -3.56. The molecule has 3 nitrogen and oxygen atoms in total. The van der Waals surface area contributed by atoms with Crippen LogP contribution in [0, 0.1) is 6.92 Å². The van der Waals surface area contributed by atoms with Crippen LogP contribution in [-0.4, -0.2) is 15.0 Å². The molecule has 0 saturated heterocycles. The maximum Gasteiger partial charge on any atom is 0.264 e. The molecule has 3 aromatic rings. The summed E-state index contributed by atoms with van der Waals surface area (Å²) in [5.74, 6) is 0. The lowest BCUT2D eigenvalue weighted by molar-refractivity contribution is 0.587. The molecule has 1 aromatic heterocycles. The average molecular weight is 374 g/mol. The molecule has 0 atom stereocenters. The third-order valence-corrected chi connectivity index (χ3v) is 7.31. The number of hydrogen-bond donors (Lipinski definition) is 0. The zero-order chi connectivity index (χ0) is 17.9. The van der Waals surface area contributed by atoms with Crippen molar-refractivity contribution in [2.75, 3.05) is 10.8 Å². The van der Waals surface area contributed by atoms with Crippen molar-refractivity contribution in [2.24, 2.45) is 0 Å². The molecule has 1 heterocycles. The van der Waals surface area contributed by atoms with Gasteiger partial charge in [0, 0.05) is 11.2 Å². The highest BCUT2D eigenvalue weighted by atomic mass is 32.2. The number of benzene rings is 2. The Labute approximate surface area is 154 Å². The van der Waals surface area contributed by atoms with Crippen LogP contribution in [0.3, 0.4) is 0 Å². The molecule has 0 amide bonds. The van der Waals surface area contributed by atoms with Crippen molar-refractivity contribution in [3.8, 4) is 0 Å². The summed E-state index contributed by atoms with van der Waals surface area (Å²) < 4.78 is 29.2. The first-order chi connectivity index (χ1) is 12.0. The maximum absolute atomic E-state index is 13.2. The summed E-state index contributed by atoms with van der Waals surface area (Å²) in [5, 5.41) is 1.87. The van der Waals surface area contributed by atoms with E-state index in [1.54, 1.807) is 16.4 Å². The van der Waals surface area contributed by atoms with Crippen LogP contribution in [0.25, 0.3) is 10.1 Å². The molecular weight excluding hydrogens is 350 g/mol. The molecule has 25 heavy (non-hydrogen) atoms. The second-order valence-corrected chi connectivity index (χ2v) is 9.14. The Kier molecular flexibility index (Phi) is 5.45. The van der Waals surface area contributed by atoms with E-state index in [1.807, 2.05) is 49.4 Å². The van der Waals surface area contributed by atoms with Crippen LogP contribution in [0.2, 0.25) is 0 Å². The molecule has 2 aromatic carbocycles. The minimum absolute atomic E-state index is 0.354. The molecule has 0 radical (unpaired) electrons. The van der Waals surface area contributed by atoms with Gasteiger partial charge < -0.3 is 0 Å². The molecule has 0 bridgehead atoms. The van der Waals surface area contributed by atoms with E-state index in [4.69, 9.17) is 0 Å². The van der Waals surface area contributed by atoms with Crippen LogP contribution in [-0.2, 0) is 10.0 Å². The van der Waals surface area contributed by atoms with Gasteiger partial charge in [0.1, 0.15) is 5.00 Å². The summed E-state index contributed by atoms with van der Waals surface area (Å²) >= 11 is 1.53. The molecule has 132 valence electrons. The van der Waals surface area contributed by atoms with Crippen molar-refractivity contribution < 1.29 is 8.42 Å². The lowest BCUT2D eigenvalue weighted by Gasteiger charge is -2.23. The summed E-state index contributed by atoms with van der Waals surface area (Å²) in [4.78, 5) is 0.354. The first-order valence-electron chi connectivity index (χ1n) is 8.60. The van der Waals surface area contributed by atoms with Gasteiger partial charge in [-0.05, 0) is 43.0 Å². The van der Waals surface area contributed by atoms with E-state index in [9.17, 15) is 8.42 Å². The van der Waals surface area contributed by atoms with Gasteiger partial charge in [-0.15, -0.1) is 11.3 Å². The highest BCUT2D eigenvalue weighted by Gasteiger charge is 2.26. The molecule has 5 heteroatoms. The topological polar surface area (TPSA) is 37.4 Å². The third kappa shape index (κ3) is 3.88. The van der Waals surface area contributed by atoms with Crippen LogP contribution in [0.1, 0.15) is 31.7 Å². The second kappa shape index (κ2) is 7.58. The lowest BCUT2D eigenvalue weighted by Crippen LogP contribution is -2.31. The molecule has 0 spiro atoms. The monoisotopic (exact) mass is 373 g/mol. The van der Waals surface area contributed by atoms with Crippen molar-refractivity contribution in [3.63, 3.8) is 0 Å². The van der Waals surface area contributed by atoms with E-state index in [-0.39, 0.29) is 0 Å². The van der Waals surface area contributed by atoms with Crippen LogP contribution in [0.15, 0.2) is 59.5 Å². The van der Waals surface area contributed by atoms with Crippen LogP contribution in [0.4, 0.5) is 5.00 Å². The SMILES string of the molecule is CCCCCN(c1cc2ccccc2s1)S(=O)(=O)c1ccc(C)cc1. The number of hydrogen-bond acceptors (Lipinski definition) is 3. The zero-order valence-corrected chi connectivity index (χ0v) is 16.2. The summed E-state index contributed by atoms with van der Waals surface area (Å²) in [6.45, 7) is 4.59. The predicted molar refractivity (Wildman–Crippen MR) is 107 cm³/mol. The second-order valence-electron chi connectivity index (χ2n) is 6.22. The fraction of sp³-hybridized carbons (Fsp3) is 0.300. The number of nitrogens with zero attached hydrogens (tertiary/aromatic N) is 1. The van der Waals surface area contributed by atoms with Gasteiger partial charge in [0.25, 0.3) is 10.0 Å².